The number of nitrogens with one attached hydrogen (secondary N) is 1. The Hall–Kier alpha value is -2.37. The number of amides is 1. The van der Waals surface area contributed by atoms with Gasteiger partial charge in [-0.1, -0.05) is 23.9 Å². The lowest BCUT2D eigenvalue weighted by atomic mass is 10.2. The molecular formula is C21H21F3N4O2S2. The fourth-order valence-electron chi connectivity index (χ4n) is 3.35. The van der Waals surface area contributed by atoms with E-state index in [-0.39, 0.29) is 11.8 Å². The molecule has 1 aliphatic heterocycles. The van der Waals surface area contributed by atoms with E-state index in [0.717, 1.165) is 36.5 Å². The van der Waals surface area contributed by atoms with E-state index >= 15 is 0 Å². The van der Waals surface area contributed by atoms with Crippen LogP contribution in [0.15, 0.2) is 46.9 Å². The zero-order valence-corrected chi connectivity index (χ0v) is 18.8. The number of thioether (sulfide) groups is 1. The monoisotopic (exact) mass is 482 g/mol. The van der Waals surface area contributed by atoms with Crippen LogP contribution in [0, 0.1) is 0 Å². The Labute approximate surface area is 191 Å². The second kappa shape index (κ2) is 9.63. The van der Waals surface area contributed by atoms with Crippen LogP contribution in [0.2, 0.25) is 0 Å². The molecule has 32 heavy (non-hydrogen) atoms. The predicted octanol–water partition coefficient (Wildman–Crippen LogP) is 5.32. The number of carbonyl (C=O) groups is 1. The van der Waals surface area contributed by atoms with Crippen molar-refractivity contribution in [2.75, 3.05) is 11.9 Å². The molecule has 1 aliphatic rings. The van der Waals surface area contributed by atoms with E-state index in [1.807, 2.05) is 22.1 Å². The van der Waals surface area contributed by atoms with E-state index in [1.54, 1.807) is 18.3 Å². The largest absolute Gasteiger partial charge is 0.416 e. The second-order valence-corrected chi connectivity index (χ2v) is 9.61. The van der Waals surface area contributed by atoms with Gasteiger partial charge in [0.2, 0.25) is 5.91 Å². The summed E-state index contributed by atoms with van der Waals surface area (Å²) in [4.78, 5) is 13.6. The van der Waals surface area contributed by atoms with Gasteiger partial charge in [0.05, 0.1) is 28.3 Å². The molecule has 3 heterocycles. The Balaban J connectivity index is 1.50. The van der Waals surface area contributed by atoms with Gasteiger partial charge in [-0.05, 0) is 49.4 Å². The molecule has 2 atom stereocenters. The van der Waals surface area contributed by atoms with Gasteiger partial charge in [-0.2, -0.15) is 13.2 Å². The highest BCUT2D eigenvalue weighted by molar-refractivity contribution is 8.00. The number of halogens is 3. The number of rotatable bonds is 7. The predicted molar refractivity (Wildman–Crippen MR) is 118 cm³/mol. The van der Waals surface area contributed by atoms with Crippen LogP contribution < -0.4 is 5.32 Å². The molecule has 3 aromatic rings. The Kier molecular flexibility index (Phi) is 6.87. The Morgan fingerprint density at radius 2 is 2.19 bits per heavy atom. The lowest BCUT2D eigenvalue weighted by molar-refractivity contribution is -0.137. The third-order valence-electron chi connectivity index (χ3n) is 4.98. The van der Waals surface area contributed by atoms with Crippen molar-refractivity contribution >= 4 is 34.7 Å². The summed E-state index contributed by atoms with van der Waals surface area (Å²) < 4.78 is 46.5. The van der Waals surface area contributed by atoms with Crippen LogP contribution in [0.3, 0.4) is 0 Å². The summed E-state index contributed by atoms with van der Waals surface area (Å²) in [5.41, 5.74) is -0.718. The fourth-order valence-corrected chi connectivity index (χ4v) is 4.93. The third kappa shape index (κ3) is 5.33. The number of nitrogens with zero attached hydrogens (tertiary/aromatic N) is 3. The van der Waals surface area contributed by atoms with Gasteiger partial charge < -0.3 is 10.1 Å². The molecule has 1 aromatic carbocycles. The smallest absolute Gasteiger partial charge is 0.376 e. The Morgan fingerprint density at radius 1 is 1.34 bits per heavy atom. The minimum Gasteiger partial charge on any atom is -0.376 e. The zero-order valence-electron chi connectivity index (χ0n) is 17.1. The number of anilines is 1. The van der Waals surface area contributed by atoms with Crippen LogP contribution in [0.4, 0.5) is 18.9 Å². The summed E-state index contributed by atoms with van der Waals surface area (Å²) in [6.45, 7) is 2.98. The number of alkyl halides is 3. The van der Waals surface area contributed by atoms with Gasteiger partial charge in [-0.25, -0.2) is 0 Å². The molecule has 0 spiro atoms. The van der Waals surface area contributed by atoms with Crippen LogP contribution in [-0.2, 0) is 22.3 Å². The lowest BCUT2D eigenvalue weighted by Crippen LogP contribution is -2.24. The third-order valence-corrected chi connectivity index (χ3v) is 6.92. The van der Waals surface area contributed by atoms with E-state index in [0.29, 0.717) is 17.5 Å². The molecule has 0 aliphatic carbocycles. The molecule has 6 nitrogen and oxygen atoms in total. The lowest BCUT2D eigenvalue weighted by Gasteiger charge is -2.16. The first-order valence-corrected chi connectivity index (χ1v) is 11.8. The molecule has 2 unspecified atom stereocenters. The van der Waals surface area contributed by atoms with E-state index < -0.39 is 22.9 Å². The van der Waals surface area contributed by atoms with Crippen molar-refractivity contribution < 1.29 is 22.7 Å². The quantitative estimate of drug-likeness (QED) is 0.462. The highest BCUT2D eigenvalue weighted by Gasteiger charge is 2.31. The van der Waals surface area contributed by atoms with Crippen molar-refractivity contribution in [2.24, 2.45) is 0 Å². The number of benzene rings is 1. The van der Waals surface area contributed by atoms with Crippen molar-refractivity contribution in [3.63, 3.8) is 0 Å². The Bertz CT molecular complexity index is 1060. The maximum Gasteiger partial charge on any atom is 0.416 e. The average Bonchev–Trinajstić information content (AvgIpc) is 3.51. The van der Waals surface area contributed by atoms with Crippen molar-refractivity contribution in [3.05, 3.63) is 47.3 Å². The van der Waals surface area contributed by atoms with Gasteiger partial charge >= 0.3 is 6.18 Å². The number of carbonyl (C=O) groups excluding carboxylic acids is 1. The van der Waals surface area contributed by atoms with E-state index in [4.69, 9.17) is 4.74 Å². The highest BCUT2D eigenvalue weighted by atomic mass is 32.2. The fraction of sp³-hybridized carbons (Fsp3) is 0.381. The molecule has 0 radical (unpaired) electrons. The summed E-state index contributed by atoms with van der Waals surface area (Å²) in [6, 6.07) is 8.47. The van der Waals surface area contributed by atoms with Crippen LogP contribution in [0.25, 0.3) is 10.7 Å². The number of hydrogen-bond donors (Lipinski definition) is 1. The molecule has 0 bridgehead atoms. The van der Waals surface area contributed by atoms with Crippen molar-refractivity contribution in [2.45, 2.75) is 49.0 Å². The summed E-state index contributed by atoms with van der Waals surface area (Å²) >= 11 is 2.76. The molecule has 1 N–H and O–H groups in total. The molecule has 0 saturated carbocycles. The molecular weight excluding hydrogens is 461 g/mol. The van der Waals surface area contributed by atoms with Crippen LogP contribution >= 0.6 is 23.1 Å². The first-order chi connectivity index (χ1) is 15.3. The zero-order chi connectivity index (χ0) is 22.7. The molecule has 4 rings (SSSR count). The molecule has 11 heteroatoms. The molecule has 1 saturated heterocycles. The van der Waals surface area contributed by atoms with Gasteiger partial charge in [-0.15, -0.1) is 21.5 Å². The van der Waals surface area contributed by atoms with Crippen LogP contribution in [-0.4, -0.2) is 38.6 Å². The molecule has 1 fully saturated rings. The van der Waals surface area contributed by atoms with Crippen molar-refractivity contribution in [1.82, 2.24) is 14.8 Å². The minimum absolute atomic E-state index is 0.0540. The van der Waals surface area contributed by atoms with Crippen molar-refractivity contribution in [3.8, 4) is 10.7 Å². The van der Waals surface area contributed by atoms with Gasteiger partial charge in [0, 0.05) is 12.3 Å². The molecule has 2 aromatic heterocycles. The standard InChI is InChI=1S/C21H21F3N4O2S2/c1-13(19(29)25-15-6-2-5-14(11-15)21(22,23)24)32-20-27-26-18(17-8-4-10-31-17)28(20)12-16-7-3-9-30-16/h2,4-6,8,10-11,13,16H,3,7,9,12H2,1H3,(H,25,29). The highest BCUT2D eigenvalue weighted by Crippen LogP contribution is 2.32. The van der Waals surface area contributed by atoms with E-state index in [9.17, 15) is 18.0 Å². The van der Waals surface area contributed by atoms with E-state index in [1.165, 1.54) is 23.9 Å². The van der Waals surface area contributed by atoms with Gasteiger partial charge in [0.15, 0.2) is 11.0 Å². The summed E-state index contributed by atoms with van der Waals surface area (Å²) in [6.07, 6.45) is -2.48. The van der Waals surface area contributed by atoms with Gasteiger partial charge in [-0.3, -0.25) is 9.36 Å². The van der Waals surface area contributed by atoms with E-state index in [2.05, 4.69) is 15.5 Å². The van der Waals surface area contributed by atoms with Crippen LogP contribution in [0.5, 0.6) is 0 Å². The first-order valence-electron chi connectivity index (χ1n) is 10.0. The number of ether oxygens (including phenoxy) is 1. The summed E-state index contributed by atoms with van der Waals surface area (Å²) in [5.74, 6) is 0.294. The maximum absolute atomic E-state index is 12.9. The second-order valence-electron chi connectivity index (χ2n) is 7.36. The molecule has 1 amide bonds. The average molecular weight is 483 g/mol. The number of thiophene rings is 1. The normalized spacial score (nSPS) is 17.4. The van der Waals surface area contributed by atoms with Gasteiger partial charge in [0.1, 0.15) is 0 Å². The topological polar surface area (TPSA) is 69.0 Å². The molecule has 170 valence electrons. The summed E-state index contributed by atoms with van der Waals surface area (Å²) in [7, 11) is 0. The maximum atomic E-state index is 12.9. The Morgan fingerprint density at radius 3 is 2.88 bits per heavy atom. The van der Waals surface area contributed by atoms with Crippen molar-refractivity contribution in [1.29, 1.82) is 0 Å². The van der Waals surface area contributed by atoms with Gasteiger partial charge in [0.25, 0.3) is 0 Å². The minimum atomic E-state index is -4.47. The summed E-state index contributed by atoms with van der Waals surface area (Å²) in [5, 5.41) is 13.1. The van der Waals surface area contributed by atoms with Crippen LogP contribution in [0.1, 0.15) is 25.3 Å². The number of hydrogen-bond acceptors (Lipinski definition) is 6. The number of aromatic nitrogens is 3. The SMILES string of the molecule is CC(Sc1nnc(-c2cccs2)n1CC1CCCO1)C(=O)Nc1cccc(C(F)(F)F)c1. The first kappa shape index (κ1) is 22.8.